The van der Waals surface area contributed by atoms with Gasteiger partial charge >= 0.3 is 0 Å². The highest BCUT2D eigenvalue weighted by molar-refractivity contribution is 14.1. The zero-order valence-electron chi connectivity index (χ0n) is 9.83. The maximum Gasteiger partial charge on any atom is 0.258 e. The lowest BCUT2D eigenvalue weighted by Crippen LogP contribution is -2.14. The topological polar surface area (TPSA) is 60.5 Å². The Bertz CT molecular complexity index is 385. The van der Waals surface area contributed by atoms with Crippen LogP contribution in [0.4, 0.5) is 5.82 Å². The van der Waals surface area contributed by atoms with E-state index in [0.717, 1.165) is 0 Å². The molecule has 1 amide bonds. The van der Waals surface area contributed by atoms with E-state index < -0.39 is 0 Å². The van der Waals surface area contributed by atoms with Crippen molar-refractivity contribution in [2.45, 2.75) is 13.8 Å². The highest BCUT2D eigenvalue weighted by Crippen LogP contribution is 2.26. The van der Waals surface area contributed by atoms with Crippen molar-refractivity contribution in [1.82, 2.24) is 4.98 Å². The highest BCUT2D eigenvalue weighted by atomic mass is 127. The third-order valence-electron chi connectivity index (χ3n) is 1.80. The lowest BCUT2D eigenvalue weighted by Gasteiger charge is -2.11. The van der Waals surface area contributed by atoms with Crippen molar-refractivity contribution in [2.75, 3.05) is 23.0 Å². The number of anilines is 1. The maximum absolute atomic E-state index is 11.2. The van der Waals surface area contributed by atoms with Gasteiger partial charge in [0.25, 0.3) is 5.88 Å². The summed E-state index contributed by atoms with van der Waals surface area (Å²) < 4.78 is 11.1. The molecule has 6 heteroatoms. The van der Waals surface area contributed by atoms with Crippen LogP contribution in [0.2, 0.25) is 0 Å². The number of carbonyl (C=O) groups excluding carboxylic acids is 1. The number of alkyl halides is 1. The van der Waals surface area contributed by atoms with Crippen molar-refractivity contribution in [3.05, 3.63) is 12.1 Å². The first-order chi connectivity index (χ1) is 8.21. The molecule has 1 heterocycles. The van der Waals surface area contributed by atoms with Gasteiger partial charge in [0.15, 0.2) is 5.75 Å². The van der Waals surface area contributed by atoms with Crippen molar-refractivity contribution in [3.63, 3.8) is 0 Å². The average molecular weight is 350 g/mol. The number of ether oxygens (including phenoxy) is 2. The Morgan fingerprint density at radius 3 is 2.65 bits per heavy atom. The summed E-state index contributed by atoms with van der Waals surface area (Å²) in [6.07, 6.45) is 0. The summed E-state index contributed by atoms with van der Waals surface area (Å²) in [6, 6.07) is 3.43. The van der Waals surface area contributed by atoms with Gasteiger partial charge in [0.1, 0.15) is 5.82 Å². The minimum atomic E-state index is -0.0929. The molecule has 0 fully saturated rings. The Morgan fingerprint density at radius 2 is 2.06 bits per heavy atom. The van der Waals surface area contributed by atoms with Crippen LogP contribution in [-0.2, 0) is 4.79 Å². The second-order valence-electron chi connectivity index (χ2n) is 3.05. The number of amides is 1. The molecular formula is C11H15IN2O3. The molecule has 0 saturated heterocycles. The fraction of sp³-hybridized carbons (Fsp3) is 0.455. The van der Waals surface area contributed by atoms with Crippen LogP contribution in [0.3, 0.4) is 0 Å². The first kappa shape index (κ1) is 14.0. The van der Waals surface area contributed by atoms with Gasteiger partial charge in [-0.25, -0.2) is 0 Å². The molecule has 0 spiro atoms. The van der Waals surface area contributed by atoms with Gasteiger partial charge in [0.2, 0.25) is 5.91 Å². The van der Waals surface area contributed by atoms with E-state index in [4.69, 9.17) is 9.47 Å². The van der Waals surface area contributed by atoms with Crippen LogP contribution in [-0.4, -0.2) is 28.5 Å². The average Bonchev–Trinajstić information content (AvgIpc) is 2.33. The zero-order valence-corrected chi connectivity index (χ0v) is 12.0. The van der Waals surface area contributed by atoms with Crippen LogP contribution < -0.4 is 14.8 Å². The summed E-state index contributed by atoms with van der Waals surface area (Å²) in [5, 5.41) is 2.67. The number of halogens is 1. The number of carbonyl (C=O) groups is 1. The molecule has 1 aromatic rings. The quantitative estimate of drug-likeness (QED) is 0.632. The largest absolute Gasteiger partial charge is 0.488 e. The molecular weight excluding hydrogens is 335 g/mol. The van der Waals surface area contributed by atoms with Gasteiger partial charge in [-0.2, -0.15) is 4.98 Å². The van der Waals surface area contributed by atoms with Gasteiger partial charge in [-0.05, 0) is 26.0 Å². The third kappa shape index (κ3) is 4.37. The van der Waals surface area contributed by atoms with Gasteiger partial charge < -0.3 is 14.8 Å². The first-order valence-corrected chi connectivity index (χ1v) is 6.86. The lowest BCUT2D eigenvalue weighted by atomic mass is 10.4. The molecule has 1 aromatic heterocycles. The maximum atomic E-state index is 11.2. The van der Waals surface area contributed by atoms with Gasteiger partial charge in [0, 0.05) is 0 Å². The van der Waals surface area contributed by atoms with Gasteiger partial charge in [0.05, 0.1) is 17.6 Å². The standard InChI is InChI=1S/C11H15IN2O3/c1-3-16-8-5-6-9(13-10(15)7-12)14-11(8)17-4-2/h5-6H,3-4,7H2,1-2H3,(H,13,14,15). The summed E-state index contributed by atoms with van der Waals surface area (Å²) in [7, 11) is 0. The Morgan fingerprint density at radius 1 is 1.35 bits per heavy atom. The summed E-state index contributed by atoms with van der Waals surface area (Å²) in [6.45, 7) is 4.80. The van der Waals surface area contributed by atoms with Crippen LogP contribution in [0.15, 0.2) is 12.1 Å². The minimum absolute atomic E-state index is 0.0929. The molecule has 0 aliphatic heterocycles. The van der Waals surface area contributed by atoms with Gasteiger partial charge in [-0.3, -0.25) is 4.79 Å². The van der Waals surface area contributed by atoms with E-state index in [1.807, 2.05) is 36.4 Å². The highest BCUT2D eigenvalue weighted by Gasteiger charge is 2.09. The number of nitrogens with zero attached hydrogens (tertiary/aromatic N) is 1. The van der Waals surface area contributed by atoms with E-state index in [1.165, 1.54) is 0 Å². The van der Waals surface area contributed by atoms with Gasteiger partial charge in [-0.1, -0.05) is 22.6 Å². The van der Waals surface area contributed by atoms with Crippen molar-refractivity contribution >= 4 is 34.3 Å². The van der Waals surface area contributed by atoms with Gasteiger partial charge in [-0.15, -0.1) is 0 Å². The van der Waals surface area contributed by atoms with Crippen molar-refractivity contribution < 1.29 is 14.3 Å². The molecule has 0 aliphatic carbocycles. The van der Waals surface area contributed by atoms with E-state index in [1.54, 1.807) is 12.1 Å². The summed E-state index contributed by atoms with van der Waals surface area (Å²) >= 11 is 1.99. The Labute approximate surface area is 114 Å². The Kier molecular flexibility index (Phi) is 6.03. The van der Waals surface area contributed by atoms with Crippen molar-refractivity contribution in [3.8, 4) is 11.6 Å². The molecule has 1 rings (SSSR count). The van der Waals surface area contributed by atoms with Crippen LogP contribution >= 0.6 is 22.6 Å². The van der Waals surface area contributed by atoms with Crippen LogP contribution in [0.1, 0.15) is 13.8 Å². The van der Waals surface area contributed by atoms with E-state index in [0.29, 0.717) is 35.1 Å². The summed E-state index contributed by atoms with van der Waals surface area (Å²) in [4.78, 5) is 15.4. The first-order valence-electron chi connectivity index (χ1n) is 5.33. The monoisotopic (exact) mass is 350 g/mol. The number of rotatable bonds is 6. The summed E-state index contributed by atoms with van der Waals surface area (Å²) in [5.41, 5.74) is 0. The predicted molar refractivity (Wildman–Crippen MR) is 74.1 cm³/mol. The molecule has 0 atom stereocenters. The Hall–Kier alpha value is -1.05. The molecule has 0 saturated carbocycles. The molecule has 0 radical (unpaired) electrons. The molecule has 0 aliphatic rings. The number of aromatic nitrogens is 1. The summed E-state index contributed by atoms with van der Waals surface area (Å²) in [5.74, 6) is 1.37. The fourth-order valence-corrected chi connectivity index (χ4v) is 1.37. The predicted octanol–water partition coefficient (Wildman–Crippen LogP) is 2.25. The number of hydrogen-bond donors (Lipinski definition) is 1. The Balaban J connectivity index is 2.88. The smallest absolute Gasteiger partial charge is 0.258 e. The van der Waals surface area contributed by atoms with E-state index in [2.05, 4.69) is 10.3 Å². The second kappa shape index (κ2) is 7.31. The van der Waals surface area contributed by atoms with Crippen LogP contribution in [0.25, 0.3) is 0 Å². The zero-order chi connectivity index (χ0) is 12.7. The van der Waals surface area contributed by atoms with Crippen molar-refractivity contribution in [2.24, 2.45) is 0 Å². The van der Waals surface area contributed by atoms with Crippen molar-refractivity contribution in [1.29, 1.82) is 0 Å². The molecule has 94 valence electrons. The van der Waals surface area contributed by atoms with Crippen LogP contribution in [0, 0.1) is 0 Å². The number of hydrogen-bond acceptors (Lipinski definition) is 4. The molecule has 17 heavy (non-hydrogen) atoms. The fourth-order valence-electron chi connectivity index (χ4n) is 1.18. The third-order valence-corrected chi connectivity index (χ3v) is 2.49. The number of nitrogens with one attached hydrogen (secondary N) is 1. The number of pyridine rings is 1. The molecule has 5 nitrogen and oxygen atoms in total. The van der Waals surface area contributed by atoms with E-state index >= 15 is 0 Å². The molecule has 0 unspecified atom stereocenters. The minimum Gasteiger partial charge on any atom is -0.488 e. The van der Waals surface area contributed by atoms with E-state index in [-0.39, 0.29) is 5.91 Å². The molecule has 1 N–H and O–H groups in total. The SMILES string of the molecule is CCOc1ccc(NC(=O)CI)nc1OCC. The lowest BCUT2D eigenvalue weighted by molar-refractivity contribution is -0.113. The van der Waals surface area contributed by atoms with Crippen LogP contribution in [0.5, 0.6) is 11.6 Å². The van der Waals surface area contributed by atoms with E-state index in [9.17, 15) is 4.79 Å². The molecule has 0 bridgehead atoms. The second-order valence-corrected chi connectivity index (χ2v) is 3.81. The normalized spacial score (nSPS) is 9.82. The molecule has 0 aromatic carbocycles.